The van der Waals surface area contributed by atoms with E-state index in [4.69, 9.17) is 9.47 Å². The molecule has 0 bridgehead atoms. The normalized spacial score (nSPS) is 17.3. The summed E-state index contributed by atoms with van der Waals surface area (Å²) < 4.78 is 11.3. The Kier molecular flexibility index (Phi) is 4.75. The van der Waals surface area contributed by atoms with E-state index in [0.29, 0.717) is 25.3 Å². The average molecular weight is 353 g/mol. The number of amides is 1. The Bertz CT molecular complexity index is 803. The van der Waals surface area contributed by atoms with Gasteiger partial charge >= 0.3 is 0 Å². The first-order valence-corrected chi connectivity index (χ1v) is 9.02. The van der Waals surface area contributed by atoms with E-state index in [1.54, 1.807) is 12.3 Å². The molecule has 6 heteroatoms. The van der Waals surface area contributed by atoms with Crippen molar-refractivity contribution in [3.8, 4) is 5.75 Å². The van der Waals surface area contributed by atoms with Crippen molar-refractivity contribution < 1.29 is 14.3 Å². The standard InChI is InChI=1S/C20H23N3O3/c1-15-18(3-2-6-21-15)20(24)23-9-12-26-19-5-4-17(13-16(19)14-23)22-7-10-25-11-8-22/h2-6,13H,7-12,14H2,1H3. The summed E-state index contributed by atoms with van der Waals surface area (Å²) in [5.74, 6) is 0.865. The van der Waals surface area contributed by atoms with E-state index in [-0.39, 0.29) is 5.91 Å². The number of morpholine rings is 1. The molecular weight excluding hydrogens is 330 g/mol. The summed E-state index contributed by atoms with van der Waals surface area (Å²) in [6.07, 6.45) is 1.71. The van der Waals surface area contributed by atoms with Crippen LogP contribution in [0.2, 0.25) is 0 Å². The molecule has 0 aliphatic carbocycles. The molecule has 0 N–H and O–H groups in total. The fraction of sp³-hybridized carbons (Fsp3) is 0.400. The number of aryl methyl sites for hydroxylation is 1. The Morgan fingerprint density at radius 2 is 1.96 bits per heavy atom. The van der Waals surface area contributed by atoms with Crippen molar-refractivity contribution in [1.82, 2.24) is 9.88 Å². The van der Waals surface area contributed by atoms with Crippen molar-refractivity contribution in [2.75, 3.05) is 44.4 Å². The topological polar surface area (TPSA) is 54.9 Å². The number of carbonyl (C=O) groups excluding carboxylic acids is 1. The SMILES string of the molecule is Cc1ncccc1C(=O)N1CCOc2ccc(N3CCOCC3)cc2C1. The monoisotopic (exact) mass is 353 g/mol. The summed E-state index contributed by atoms with van der Waals surface area (Å²) in [4.78, 5) is 21.4. The molecule has 0 spiro atoms. The first-order chi connectivity index (χ1) is 12.7. The van der Waals surface area contributed by atoms with Gasteiger partial charge in [0.2, 0.25) is 0 Å². The third kappa shape index (κ3) is 3.37. The highest BCUT2D eigenvalue weighted by Gasteiger charge is 2.23. The lowest BCUT2D eigenvalue weighted by molar-refractivity contribution is 0.0732. The molecule has 2 aromatic rings. The number of rotatable bonds is 2. The van der Waals surface area contributed by atoms with E-state index < -0.39 is 0 Å². The summed E-state index contributed by atoms with van der Waals surface area (Å²) >= 11 is 0. The van der Waals surface area contributed by atoms with Gasteiger partial charge in [-0.05, 0) is 37.3 Å². The summed E-state index contributed by atoms with van der Waals surface area (Å²) in [7, 11) is 0. The summed E-state index contributed by atoms with van der Waals surface area (Å²) in [5, 5.41) is 0. The van der Waals surface area contributed by atoms with Crippen LogP contribution >= 0.6 is 0 Å². The van der Waals surface area contributed by atoms with Gasteiger partial charge < -0.3 is 19.3 Å². The van der Waals surface area contributed by atoms with Crippen LogP contribution in [0.25, 0.3) is 0 Å². The molecule has 1 aromatic heterocycles. The molecule has 0 saturated carbocycles. The minimum absolute atomic E-state index is 0.00354. The zero-order valence-corrected chi connectivity index (χ0v) is 15.0. The van der Waals surface area contributed by atoms with Crippen LogP contribution in [-0.4, -0.2) is 55.2 Å². The Morgan fingerprint density at radius 3 is 2.77 bits per heavy atom. The third-order valence-electron chi connectivity index (χ3n) is 4.92. The van der Waals surface area contributed by atoms with Crippen LogP contribution in [0.4, 0.5) is 5.69 Å². The van der Waals surface area contributed by atoms with Crippen LogP contribution in [0.3, 0.4) is 0 Å². The van der Waals surface area contributed by atoms with Gasteiger partial charge in [0.15, 0.2) is 0 Å². The van der Waals surface area contributed by atoms with Gasteiger partial charge in [0, 0.05) is 42.8 Å². The number of anilines is 1. The molecule has 6 nitrogen and oxygen atoms in total. The molecule has 1 fully saturated rings. The van der Waals surface area contributed by atoms with E-state index in [1.165, 1.54) is 0 Å². The first kappa shape index (κ1) is 16.8. The summed E-state index contributed by atoms with van der Waals surface area (Å²) in [5.41, 5.74) is 3.61. The minimum atomic E-state index is 0.00354. The quantitative estimate of drug-likeness (QED) is 0.829. The van der Waals surface area contributed by atoms with Crippen LogP contribution in [0.5, 0.6) is 5.75 Å². The smallest absolute Gasteiger partial charge is 0.256 e. The number of hydrogen-bond acceptors (Lipinski definition) is 5. The molecule has 2 aliphatic heterocycles. The van der Waals surface area contributed by atoms with Crippen LogP contribution in [0.1, 0.15) is 21.6 Å². The second-order valence-corrected chi connectivity index (χ2v) is 6.60. The summed E-state index contributed by atoms with van der Waals surface area (Å²) in [6, 6.07) is 9.89. The van der Waals surface area contributed by atoms with Crippen molar-refractivity contribution in [2.24, 2.45) is 0 Å². The van der Waals surface area contributed by atoms with Crippen molar-refractivity contribution >= 4 is 11.6 Å². The van der Waals surface area contributed by atoms with Crippen molar-refractivity contribution in [1.29, 1.82) is 0 Å². The van der Waals surface area contributed by atoms with Gasteiger partial charge in [0.1, 0.15) is 12.4 Å². The highest BCUT2D eigenvalue weighted by Crippen LogP contribution is 2.29. The van der Waals surface area contributed by atoms with Crippen LogP contribution in [0, 0.1) is 6.92 Å². The highest BCUT2D eigenvalue weighted by molar-refractivity contribution is 5.95. The van der Waals surface area contributed by atoms with Crippen molar-refractivity contribution in [3.05, 3.63) is 53.3 Å². The van der Waals surface area contributed by atoms with E-state index in [2.05, 4.69) is 22.0 Å². The van der Waals surface area contributed by atoms with E-state index in [1.807, 2.05) is 24.0 Å². The highest BCUT2D eigenvalue weighted by atomic mass is 16.5. The van der Waals surface area contributed by atoms with Crippen LogP contribution in [-0.2, 0) is 11.3 Å². The number of ether oxygens (including phenoxy) is 2. The fourth-order valence-electron chi connectivity index (χ4n) is 3.45. The lowest BCUT2D eigenvalue weighted by Gasteiger charge is -2.29. The molecule has 0 atom stereocenters. The molecular formula is C20H23N3O3. The first-order valence-electron chi connectivity index (χ1n) is 9.02. The Hall–Kier alpha value is -2.60. The van der Waals surface area contributed by atoms with Crippen LogP contribution < -0.4 is 9.64 Å². The van der Waals surface area contributed by atoms with Gasteiger partial charge in [-0.25, -0.2) is 0 Å². The van der Waals surface area contributed by atoms with Gasteiger partial charge in [0.25, 0.3) is 5.91 Å². The molecule has 136 valence electrons. The zero-order valence-electron chi connectivity index (χ0n) is 15.0. The third-order valence-corrected chi connectivity index (χ3v) is 4.92. The number of aromatic nitrogens is 1. The van der Waals surface area contributed by atoms with Crippen molar-refractivity contribution in [3.63, 3.8) is 0 Å². The predicted octanol–water partition coefficient (Wildman–Crippen LogP) is 2.26. The predicted molar refractivity (Wildman–Crippen MR) is 98.7 cm³/mol. The number of pyridine rings is 1. The molecule has 1 aromatic carbocycles. The number of benzene rings is 1. The Labute approximate surface area is 153 Å². The average Bonchev–Trinajstić information content (AvgIpc) is 2.90. The largest absolute Gasteiger partial charge is 0.491 e. The maximum atomic E-state index is 13.0. The second-order valence-electron chi connectivity index (χ2n) is 6.60. The molecule has 0 unspecified atom stereocenters. The van der Waals surface area contributed by atoms with Crippen molar-refractivity contribution in [2.45, 2.75) is 13.5 Å². The number of fused-ring (bicyclic) bond motifs is 1. The lowest BCUT2D eigenvalue weighted by Crippen LogP contribution is -2.36. The van der Waals surface area contributed by atoms with Gasteiger partial charge in [-0.3, -0.25) is 9.78 Å². The number of hydrogen-bond donors (Lipinski definition) is 0. The van der Waals surface area contributed by atoms with E-state index in [9.17, 15) is 4.79 Å². The van der Waals surface area contributed by atoms with Crippen LogP contribution in [0.15, 0.2) is 36.5 Å². The number of nitrogens with zero attached hydrogens (tertiary/aromatic N) is 3. The van der Waals surface area contributed by atoms with Gasteiger partial charge in [-0.2, -0.15) is 0 Å². The molecule has 1 amide bonds. The molecule has 26 heavy (non-hydrogen) atoms. The Balaban J connectivity index is 1.59. The molecule has 3 heterocycles. The maximum absolute atomic E-state index is 13.0. The molecule has 1 saturated heterocycles. The number of carbonyl (C=O) groups is 1. The van der Waals surface area contributed by atoms with Gasteiger partial charge in [-0.1, -0.05) is 0 Å². The molecule has 4 rings (SSSR count). The van der Waals surface area contributed by atoms with Gasteiger partial charge in [0.05, 0.1) is 25.3 Å². The lowest BCUT2D eigenvalue weighted by atomic mass is 10.1. The van der Waals surface area contributed by atoms with Gasteiger partial charge in [-0.15, -0.1) is 0 Å². The van der Waals surface area contributed by atoms with E-state index >= 15 is 0 Å². The summed E-state index contributed by atoms with van der Waals surface area (Å²) in [6.45, 7) is 6.74. The minimum Gasteiger partial charge on any atom is -0.491 e. The second kappa shape index (κ2) is 7.33. The molecule has 2 aliphatic rings. The fourth-order valence-corrected chi connectivity index (χ4v) is 3.45. The Morgan fingerprint density at radius 1 is 1.12 bits per heavy atom. The molecule has 0 radical (unpaired) electrons. The zero-order chi connectivity index (χ0) is 17.9. The maximum Gasteiger partial charge on any atom is 0.256 e. The van der Waals surface area contributed by atoms with E-state index in [0.717, 1.165) is 49.0 Å².